The highest BCUT2D eigenvalue weighted by Gasteiger charge is 2.12. The Morgan fingerprint density at radius 3 is 2.59 bits per heavy atom. The van der Waals surface area contributed by atoms with Gasteiger partial charge in [-0.25, -0.2) is 0 Å². The lowest BCUT2D eigenvalue weighted by Crippen LogP contribution is -2.29. The Morgan fingerprint density at radius 1 is 1.24 bits per heavy atom. The standard InChI is InChI=1S/C14H30N2O/c1-13(2)17-12-11-16(3)10-4-5-14-6-8-15-9-7-14/h13-15H,4-12H2,1-3H3. The van der Waals surface area contributed by atoms with Gasteiger partial charge in [-0.05, 0) is 72.1 Å². The molecule has 0 amide bonds. The second-order valence-corrected chi connectivity index (χ2v) is 5.56. The molecule has 0 unspecified atom stereocenters. The third-order valence-corrected chi connectivity index (χ3v) is 3.54. The summed E-state index contributed by atoms with van der Waals surface area (Å²) in [5.74, 6) is 0.969. The van der Waals surface area contributed by atoms with Crippen molar-refractivity contribution in [1.82, 2.24) is 10.2 Å². The number of nitrogens with zero attached hydrogens (tertiary/aromatic N) is 1. The van der Waals surface area contributed by atoms with E-state index in [0.717, 1.165) is 19.1 Å². The molecular formula is C14H30N2O. The van der Waals surface area contributed by atoms with Crippen molar-refractivity contribution in [2.75, 3.05) is 39.8 Å². The van der Waals surface area contributed by atoms with Gasteiger partial charge in [0.1, 0.15) is 0 Å². The zero-order valence-corrected chi connectivity index (χ0v) is 11.9. The summed E-state index contributed by atoms with van der Waals surface area (Å²) in [6, 6.07) is 0. The Labute approximate surface area is 107 Å². The van der Waals surface area contributed by atoms with E-state index in [-0.39, 0.29) is 0 Å². The molecule has 1 fully saturated rings. The molecular weight excluding hydrogens is 212 g/mol. The average molecular weight is 242 g/mol. The molecule has 0 aromatic carbocycles. The van der Waals surface area contributed by atoms with Crippen LogP contribution in [0, 0.1) is 5.92 Å². The molecule has 0 aromatic rings. The molecule has 0 atom stereocenters. The Morgan fingerprint density at radius 2 is 1.94 bits per heavy atom. The maximum Gasteiger partial charge on any atom is 0.0596 e. The van der Waals surface area contributed by atoms with E-state index in [9.17, 15) is 0 Å². The molecule has 1 aliphatic rings. The zero-order valence-electron chi connectivity index (χ0n) is 11.9. The van der Waals surface area contributed by atoms with Crippen LogP contribution in [-0.4, -0.2) is 50.8 Å². The van der Waals surface area contributed by atoms with E-state index >= 15 is 0 Å². The molecule has 3 nitrogen and oxygen atoms in total. The number of nitrogens with one attached hydrogen (secondary N) is 1. The molecule has 17 heavy (non-hydrogen) atoms. The predicted molar refractivity (Wildman–Crippen MR) is 73.4 cm³/mol. The van der Waals surface area contributed by atoms with Gasteiger partial charge in [-0.2, -0.15) is 0 Å². The first-order valence-corrected chi connectivity index (χ1v) is 7.19. The summed E-state index contributed by atoms with van der Waals surface area (Å²) >= 11 is 0. The number of rotatable bonds is 8. The van der Waals surface area contributed by atoms with Crippen LogP contribution in [0.15, 0.2) is 0 Å². The molecule has 1 saturated heterocycles. The molecule has 102 valence electrons. The highest BCUT2D eigenvalue weighted by atomic mass is 16.5. The molecule has 0 aromatic heterocycles. The van der Waals surface area contributed by atoms with Crippen molar-refractivity contribution in [2.24, 2.45) is 5.92 Å². The second kappa shape index (κ2) is 8.90. The van der Waals surface area contributed by atoms with Gasteiger partial charge in [0.2, 0.25) is 0 Å². The van der Waals surface area contributed by atoms with Crippen LogP contribution in [0.5, 0.6) is 0 Å². The molecule has 1 N–H and O–H groups in total. The van der Waals surface area contributed by atoms with Crippen molar-refractivity contribution in [3.05, 3.63) is 0 Å². The molecule has 0 saturated carbocycles. The number of piperidine rings is 1. The molecule has 3 heteroatoms. The lowest BCUT2D eigenvalue weighted by atomic mass is 9.93. The van der Waals surface area contributed by atoms with E-state index < -0.39 is 0 Å². The van der Waals surface area contributed by atoms with Crippen LogP contribution < -0.4 is 5.32 Å². The van der Waals surface area contributed by atoms with E-state index in [1.54, 1.807) is 0 Å². The highest BCUT2D eigenvalue weighted by Crippen LogP contribution is 2.17. The molecule has 1 heterocycles. The van der Waals surface area contributed by atoms with Crippen LogP contribution in [0.25, 0.3) is 0 Å². The Hall–Kier alpha value is -0.120. The summed E-state index contributed by atoms with van der Waals surface area (Å²) in [7, 11) is 2.20. The van der Waals surface area contributed by atoms with Crippen LogP contribution >= 0.6 is 0 Å². The van der Waals surface area contributed by atoms with Crippen LogP contribution in [0.1, 0.15) is 39.5 Å². The van der Waals surface area contributed by atoms with Crippen molar-refractivity contribution in [3.8, 4) is 0 Å². The van der Waals surface area contributed by atoms with Crippen LogP contribution in [0.3, 0.4) is 0 Å². The normalized spacial score (nSPS) is 18.2. The quantitative estimate of drug-likeness (QED) is 0.705. The van der Waals surface area contributed by atoms with Gasteiger partial charge >= 0.3 is 0 Å². The predicted octanol–water partition coefficient (Wildman–Crippen LogP) is 2.12. The third kappa shape index (κ3) is 7.74. The summed E-state index contributed by atoms with van der Waals surface area (Å²) in [5, 5.41) is 3.43. The van der Waals surface area contributed by atoms with Crippen LogP contribution in [0.2, 0.25) is 0 Å². The number of hydrogen-bond acceptors (Lipinski definition) is 3. The number of likely N-dealkylation sites (N-methyl/N-ethyl adjacent to an activating group) is 1. The van der Waals surface area contributed by atoms with Gasteiger partial charge in [0.15, 0.2) is 0 Å². The maximum atomic E-state index is 5.56. The molecule has 1 rings (SSSR count). The Kier molecular flexibility index (Phi) is 7.82. The van der Waals surface area contributed by atoms with Gasteiger partial charge < -0.3 is 15.0 Å². The van der Waals surface area contributed by atoms with E-state index in [2.05, 4.69) is 31.1 Å². The van der Waals surface area contributed by atoms with Crippen molar-refractivity contribution in [3.63, 3.8) is 0 Å². The first-order valence-electron chi connectivity index (χ1n) is 7.19. The van der Waals surface area contributed by atoms with E-state index in [0.29, 0.717) is 6.10 Å². The SMILES string of the molecule is CC(C)OCCN(C)CCCC1CCNCC1. The van der Waals surface area contributed by atoms with Crippen molar-refractivity contribution >= 4 is 0 Å². The summed E-state index contributed by atoms with van der Waals surface area (Å²) < 4.78 is 5.56. The maximum absolute atomic E-state index is 5.56. The largest absolute Gasteiger partial charge is 0.377 e. The van der Waals surface area contributed by atoms with E-state index in [1.165, 1.54) is 45.3 Å². The summed E-state index contributed by atoms with van der Waals surface area (Å²) in [6.45, 7) is 9.77. The molecule has 0 aliphatic carbocycles. The van der Waals surface area contributed by atoms with E-state index in [4.69, 9.17) is 4.74 Å². The van der Waals surface area contributed by atoms with Gasteiger partial charge in [-0.1, -0.05) is 0 Å². The Balaban J connectivity index is 1.93. The minimum atomic E-state index is 0.359. The van der Waals surface area contributed by atoms with Gasteiger partial charge in [0.25, 0.3) is 0 Å². The topological polar surface area (TPSA) is 24.5 Å². The van der Waals surface area contributed by atoms with Crippen molar-refractivity contribution in [1.29, 1.82) is 0 Å². The zero-order chi connectivity index (χ0) is 12.5. The third-order valence-electron chi connectivity index (χ3n) is 3.54. The van der Waals surface area contributed by atoms with Crippen LogP contribution in [-0.2, 0) is 4.74 Å². The summed E-state index contributed by atoms with van der Waals surface area (Å²) in [4.78, 5) is 2.39. The fourth-order valence-corrected chi connectivity index (χ4v) is 2.38. The molecule has 1 aliphatic heterocycles. The average Bonchev–Trinajstić information content (AvgIpc) is 2.30. The molecule has 0 spiro atoms. The van der Waals surface area contributed by atoms with E-state index in [1.807, 2.05) is 0 Å². The highest BCUT2D eigenvalue weighted by molar-refractivity contribution is 4.68. The van der Waals surface area contributed by atoms with Gasteiger partial charge in [-0.3, -0.25) is 0 Å². The fraction of sp³-hybridized carbons (Fsp3) is 1.00. The van der Waals surface area contributed by atoms with Gasteiger partial charge in [0.05, 0.1) is 12.7 Å². The minimum absolute atomic E-state index is 0.359. The molecule has 0 radical (unpaired) electrons. The smallest absolute Gasteiger partial charge is 0.0596 e. The minimum Gasteiger partial charge on any atom is -0.377 e. The monoisotopic (exact) mass is 242 g/mol. The van der Waals surface area contributed by atoms with Gasteiger partial charge in [0, 0.05) is 6.54 Å². The Bertz CT molecular complexity index is 179. The number of hydrogen-bond donors (Lipinski definition) is 1. The van der Waals surface area contributed by atoms with Crippen molar-refractivity contribution in [2.45, 2.75) is 45.6 Å². The molecule has 0 bridgehead atoms. The lowest BCUT2D eigenvalue weighted by Gasteiger charge is -2.24. The van der Waals surface area contributed by atoms with Gasteiger partial charge in [-0.15, -0.1) is 0 Å². The fourth-order valence-electron chi connectivity index (χ4n) is 2.38. The first kappa shape index (κ1) is 14.9. The second-order valence-electron chi connectivity index (χ2n) is 5.56. The summed E-state index contributed by atoms with van der Waals surface area (Å²) in [5.41, 5.74) is 0. The number of ether oxygens (including phenoxy) is 1. The van der Waals surface area contributed by atoms with Crippen LogP contribution in [0.4, 0.5) is 0 Å². The lowest BCUT2D eigenvalue weighted by molar-refractivity contribution is 0.0633. The summed E-state index contributed by atoms with van der Waals surface area (Å²) in [6.07, 6.45) is 5.85. The van der Waals surface area contributed by atoms with Crippen molar-refractivity contribution < 1.29 is 4.74 Å². The first-order chi connectivity index (χ1) is 8.18.